The lowest BCUT2D eigenvalue weighted by atomic mass is 10.1. The monoisotopic (exact) mass is 277 g/mol. The topological polar surface area (TPSA) is 65.5 Å². The van der Waals surface area contributed by atoms with Gasteiger partial charge in [-0.25, -0.2) is 9.78 Å². The first-order valence-corrected chi connectivity index (χ1v) is 7.31. The van der Waals surface area contributed by atoms with Gasteiger partial charge in [0.1, 0.15) is 5.69 Å². The molecule has 1 aliphatic rings. The average molecular weight is 277 g/mol. The second kappa shape index (κ2) is 7.36. The molecule has 1 unspecified atom stereocenters. The minimum Gasteiger partial charge on any atom is -0.477 e. The Bertz CT molecular complexity index is 444. The molecule has 1 aromatic rings. The predicted molar refractivity (Wildman–Crippen MR) is 77.8 cm³/mol. The molecular formula is C15H23N3O2. The van der Waals surface area contributed by atoms with Gasteiger partial charge in [-0.3, -0.25) is 4.90 Å². The fourth-order valence-corrected chi connectivity index (χ4v) is 2.59. The fourth-order valence-electron chi connectivity index (χ4n) is 2.59. The Morgan fingerprint density at radius 2 is 2.15 bits per heavy atom. The van der Waals surface area contributed by atoms with Crippen molar-refractivity contribution in [2.75, 3.05) is 19.6 Å². The zero-order valence-electron chi connectivity index (χ0n) is 12.0. The molecule has 0 saturated carbocycles. The van der Waals surface area contributed by atoms with Gasteiger partial charge in [-0.1, -0.05) is 12.5 Å². The van der Waals surface area contributed by atoms with Crippen LogP contribution in [0.1, 0.15) is 42.4 Å². The van der Waals surface area contributed by atoms with Crippen molar-refractivity contribution in [3.8, 4) is 0 Å². The van der Waals surface area contributed by atoms with Crippen molar-refractivity contribution >= 4 is 5.97 Å². The lowest BCUT2D eigenvalue weighted by Gasteiger charge is -2.32. The Balaban J connectivity index is 1.77. The summed E-state index contributed by atoms with van der Waals surface area (Å²) in [4.78, 5) is 17.5. The van der Waals surface area contributed by atoms with Crippen LogP contribution in [0.5, 0.6) is 0 Å². The molecule has 0 spiro atoms. The normalized spacial score (nSPS) is 17.9. The van der Waals surface area contributed by atoms with E-state index < -0.39 is 5.97 Å². The quantitative estimate of drug-likeness (QED) is 0.829. The van der Waals surface area contributed by atoms with E-state index in [0.29, 0.717) is 12.6 Å². The maximum atomic E-state index is 10.9. The standard InChI is InChI=1S/C15H23N3O2/c1-12(18-8-3-2-4-9-18)10-16-11-13-6-5-7-14(17-13)15(19)20/h5-7,12,16H,2-4,8-11H2,1H3,(H,19,20). The van der Waals surface area contributed by atoms with Crippen molar-refractivity contribution in [2.45, 2.75) is 38.8 Å². The Labute approximate surface area is 120 Å². The molecule has 0 amide bonds. The number of aromatic nitrogens is 1. The molecule has 20 heavy (non-hydrogen) atoms. The van der Waals surface area contributed by atoms with Gasteiger partial charge in [0.2, 0.25) is 0 Å². The van der Waals surface area contributed by atoms with Crippen LogP contribution in [0.4, 0.5) is 0 Å². The molecule has 2 N–H and O–H groups in total. The molecule has 2 rings (SSSR count). The molecule has 1 saturated heterocycles. The molecule has 110 valence electrons. The maximum Gasteiger partial charge on any atom is 0.354 e. The highest BCUT2D eigenvalue weighted by molar-refractivity contribution is 5.85. The van der Waals surface area contributed by atoms with Gasteiger partial charge in [0.25, 0.3) is 0 Å². The number of rotatable bonds is 6. The van der Waals surface area contributed by atoms with E-state index in [1.54, 1.807) is 6.07 Å². The number of pyridine rings is 1. The van der Waals surface area contributed by atoms with Crippen LogP contribution in [-0.4, -0.2) is 46.6 Å². The second-order valence-electron chi connectivity index (χ2n) is 5.40. The third-order valence-electron chi connectivity index (χ3n) is 3.79. The van der Waals surface area contributed by atoms with E-state index in [4.69, 9.17) is 5.11 Å². The van der Waals surface area contributed by atoms with Crippen LogP contribution in [0.15, 0.2) is 18.2 Å². The summed E-state index contributed by atoms with van der Waals surface area (Å²) in [6, 6.07) is 5.62. The van der Waals surface area contributed by atoms with Gasteiger partial charge in [-0.05, 0) is 45.0 Å². The first-order valence-electron chi connectivity index (χ1n) is 7.31. The molecule has 1 fully saturated rings. The number of piperidine rings is 1. The lowest BCUT2D eigenvalue weighted by molar-refractivity contribution is 0.0690. The number of hydrogen-bond donors (Lipinski definition) is 2. The SMILES string of the molecule is CC(CNCc1cccc(C(=O)O)n1)N1CCCCC1. The smallest absolute Gasteiger partial charge is 0.354 e. The van der Waals surface area contributed by atoms with Crippen LogP contribution in [-0.2, 0) is 6.54 Å². The number of hydrogen-bond acceptors (Lipinski definition) is 4. The van der Waals surface area contributed by atoms with Crippen LogP contribution in [0.3, 0.4) is 0 Å². The molecule has 5 heteroatoms. The Hall–Kier alpha value is -1.46. The van der Waals surface area contributed by atoms with Crippen molar-refractivity contribution in [1.29, 1.82) is 0 Å². The van der Waals surface area contributed by atoms with E-state index >= 15 is 0 Å². The molecule has 1 atom stereocenters. The number of aromatic carboxylic acids is 1. The molecule has 0 aromatic carbocycles. The zero-order chi connectivity index (χ0) is 14.4. The van der Waals surface area contributed by atoms with Crippen molar-refractivity contribution in [3.63, 3.8) is 0 Å². The van der Waals surface area contributed by atoms with Crippen LogP contribution < -0.4 is 5.32 Å². The summed E-state index contributed by atoms with van der Waals surface area (Å²) in [6.07, 6.45) is 3.95. The van der Waals surface area contributed by atoms with Crippen molar-refractivity contribution in [1.82, 2.24) is 15.2 Å². The third kappa shape index (κ3) is 4.28. The van der Waals surface area contributed by atoms with E-state index in [1.807, 2.05) is 6.07 Å². The minimum absolute atomic E-state index is 0.105. The Morgan fingerprint density at radius 3 is 2.85 bits per heavy atom. The van der Waals surface area contributed by atoms with E-state index in [9.17, 15) is 4.79 Å². The van der Waals surface area contributed by atoms with E-state index in [-0.39, 0.29) is 5.69 Å². The van der Waals surface area contributed by atoms with Crippen molar-refractivity contribution in [2.24, 2.45) is 0 Å². The van der Waals surface area contributed by atoms with E-state index in [2.05, 4.69) is 22.1 Å². The van der Waals surface area contributed by atoms with Gasteiger partial charge in [0.15, 0.2) is 0 Å². The first-order chi connectivity index (χ1) is 9.66. The van der Waals surface area contributed by atoms with Gasteiger partial charge >= 0.3 is 5.97 Å². The van der Waals surface area contributed by atoms with Crippen LogP contribution >= 0.6 is 0 Å². The molecule has 0 aliphatic carbocycles. The van der Waals surface area contributed by atoms with Crippen molar-refractivity contribution in [3.05, 3.63) is 29.6 Å². The predicted octanol–water partition coefficient (Wildman–Crippen LogP) is 1.74. The number of carboxylic acid groups (broad SMARTS) is 1. The van der Waals surface area contributed by atoms with E-state index in [0.717, 1.165) is 12.2 Å². The molecular weight excluding hydrogens is 254 g/mol. The first kappa shape index (κ1) is 14.9. The van der Waals surface area contributed by atoms with Gasteiger partial charge < -0.3 is 10.4 Å². The second-order valence-corrected chi connectivity index (χ2v) is 5.40. The Morgan fingerprint density at radius 1 is 1.40 bits per heavy atom. The summed E-state index contributed by atoms with van der Waals surface area (Å²) >= 11 is 0. The fraction of sp³-hybridized carbons (Fsp3) is 0.600. The zero-order valence-corrected chi connectivity index (χ0v) is 12.0. The van der Waals surface area contributed by atoms with Gasteiger partial charge in [-0.2, -0.15) is 0 Å². The number of nitrogens with zero attached hydrogens (tertiary/aromatic N) is 2. The summed E-state index contributed by atoms with van der Waals surface area (Å²) in [7, 11) is 0. The number of nitrogens with one attached hydrogen (secondary N) is 1. The molecule has 0 bridgehead atoms. The van der Waals surface area contributed by atoms with Gasteiger partial charge in [-0.15, -0.1) is 0 Å². The molecule has 1 aliphatic heterocycles. The highest BCUT2D eigenvalue weighted by Gasteiger charge is 2.16. The highest BCUT2D eigenvalue weighted by atomic mass is 16.4. The molecule has 1 aromatic heterocycles. The summed E-state index contributed by atoms with van der Waals surface area (Å²) in [5.74, 6) is -0.978. The van der Waals surface area contributed by atoms with Crippen LogP contribution in [0, 0.1) is 0 Å². The summed E-state index contributed by atoms with van der Waals surface area (Å²) in [6.45, 7) is 6.13. The number of carbonyl (C=O) groups is 1. The van der Waals surface area contributed by atoms with Crippen molar-refractivity contribution < 1.29 is 9.90 Å². The summed E-state index contributed by atoms with van der Waals surface area (Å²) < 4.78 is 0. The average Bonchev–Trinajstić information content (AvgIpc) is 2.48. The Kier molecular flexibility index (Phi) is 5.49. The molecule has 2 heterocycles. The summed E-state index contributed by atoms with van der Waals surface area (Å²) in [5.41, 5.74) is 0.879. The lowest BCUT2D eigenvalue weighted by Crippen LogP contribution is -2.43. The van der Waals surface area contributed by atoms with E-state index in [1.165, 1.54) is 38.4 Å². The van der Waals surface area contributed by atoms with Crippen LogP contribution in [0.25, 0.3) is 0 Å². The van der Waals surface area contributed by atoms with Gasteiger partial charge in [0.05, 0.1) is 5.69 Å². The largest absolute Gasteiger partial charge is 0.477 e. The molecule has 5 nitrogen and oxygen atoms in total. The van der Waals surface area contributed by atoms with Gasteiger partial charge in [0, 0.05) is 19.1 Å². The third-order valence-corrected chi connectivity index (χ3v) is 3.79. The molecule has 0 radical (unpaired) electrons. The minimum atomic E-state index is -0.978. The highest BCUT2D eigenvalue weighted by Crippen LogP contribution is 2.11. The number of carboxylic acids is 1. The maximum absolute atomic E-state index is 10.9. The number of likely N-dealkylation sites (tertiary alicyclic amines) is 1. The van der Waals surface area contributed by atoms with Crippen LogP contribution in [0.2, 0.25) is 0 Å². The summed E-state index contributed by atoms with van der Waals surface area (Å²) in [5, 5.41) is 12.3.